The Balaban J connectivity index is 1.97. The van der Waals surface area contributed by atoms with Gasteiger partial charge in [0.1, 0.15) is 0 Å². The van der Waals surface area contributed by atoms with Crippen LogP contribution in [0.15, 0.2) is 24.3 Å². The Morgan fingerprint density at radius 1 is 1.53 bits per heavy atom. The lowest BCUT2D eigenvalue weighted by atomic mass is 10.1. The van der Waals surface area contributed by atoms with E-state index in [-0.39, 0.29) is 0 Å². The lowest BCUT2D eigenvalue weighted by Gasteiger charge is -2.31. The van der Waals surface area contributed by atoms with Gasteiger partial charge in [0.05, 0.1) is 11.6 Å². The zero-order chi connectivity index (χ0) is 12.1. The second kappa shape index (κ2) is 5.81. The van der Waals surface area contributed by atoms with Crippen LogP contribution in [0.3, 0.4) is 0 Å². The van der Waals surface area contributed by atoms with Crippen molar-refractivity contribution in [3.63, 3.8) is 0 Å². The standard InChI is InChI=1S/C14H19N3/c1-17(14-6-3-7-16-10-14)11-13-5-2-4-12(8-13)9-15/h2,4-5,8,14,16H,3,6-7,10-11H2,1H3. The second-order valence-corrected chi connectivity index (χ2v) is 4.73. The van der Waals surface area contributed by atoms with E-state index in [2.05, 4.69) is 29.4 Å². The lowest BCUT2D eigenvalue weighted by Crippen LogP contribution is -2.43. The SMILES string of the molecule is CN(Cc1cccc(C#N)c1)C1CCCNC1. The molecular weight excluding hydrogens is 210 g/mol. The summed E-state index contributed by atoms with van der Waals surface area (Å²) in [6.07, 6.45) is 2.52. The molecule has 1 unspecified atom stereocenters. The highest BCUT2D eigenvalue weighted by Crippen LogP contribution is 2.13. The van der Waals surface area contributed by atoms with E-state index >= 15 is 0 Å². The van der Waals surface area contributed by atoms with Crippen LogP contribution in [-0.2, 0) is 6.54 Å². The van der Waals surface area contributed by atoms with Gasteiger partial charge in [-0.2, -0.15) is 5.26 Å². The summed E-state index contributed by atoms with van der Waals surface area (Å²) in [6.45, 7) is 3.14. The monoisotopic (exact) mass is 229 g/mol. The van der Waals surface area contributed by atoms with Gasteiger partial charge < -0.3 is 5.32 Å². The summed E-state index contributed by atoms with van der Waals surface area (Å²) in [4.78, 5) is 2.38. The van der Waals surface area contributed by atoms with E-state index in [9.17, 15) is 0 Å². The zero-order valence-corrected chi connectivity index (χ0v) is 10.3. The Morgan fingerprint density at radius 2 is 2.41 bits per heavy atom. The summed E-state index contributed by atoms with van der Waals surface area (Å²) in [5.41, 5.74) is 1.97. The highest BCUT2D eigenvalue weighted by atomic mass is 15.2. The molecule has 3 nitrogen and oxygen atoms in total. The number of nitriles is 1. The maximum absolute atomic E-state index is 8.87. The van der Waals surface area contributed by atoms with Gasteiger partial charge in [-0.05, 0) is 44.1 Å². The first kappa shape index (κ1) is 12.1. The number of nitrogens with zero attached hydrogens (tertiary/aromatic N) is 2. The van der Waals surface area contributed by atoms with Crippen LogP contribution < -0.4 is 5.32 Å². The van der Waals surface area contributed by atoms with Crippen LogP contribution in [0.5, 0.6) is 0 Å². The van der Waals surface area contributed by atoms with E-state index in [1.165, 1.54) is 18.4 Å². The average Bonchev–Trinajstić information content (AvgIpc) is 2.40. The van der Waals surface area contributed by atoms with Gasteiger partial charge in [0.25, 0.3) is 0 Å². The molecule has 1 aromatic carbocycles. The van der Waals surface area contributed by atoms with Gasteiger partial charge in [-0.15, -0.1) is 0 Å². The third kappa shape index (κ3) is 3.29. The summed E-state index contributed by atoms with van der Waals surface area (Å²) in [5, 5.41) is 12.3. The molecule has 0 bridgehead atoms. The van der Waals surface area contributed by atoms with Crippen molar-refractivity contribution < 1.29 is 0 Å². The molecule has 0 amide bonds. The smallest absolute Gasteiger partial charge is 0.0991 e. The van der Waals surface area contributed by atoms with Crippen molar-refractivity contribution in [2.24, 2.45) is 0 Å². The molecule has 3 heteroatoms. The van der Waals surface area contributed by atoms with Gasteiger partial charge in [0.2, 0.25) is 0 Å². The van der Waals surface area contributed by atoms with Crippen molar-refractivity contribution in [1.29, 1.82) is 5.26 Å². The Bertz CT molecular complexity index is 402. The van der Waals surface area contributed by atoms with Crippen molar-refractivity contribution in [3.05, 3.63) is 35.4 Å². The van der Waals surface area contributed by atoms with Gasteiger partial charge in [-0.1, -0.05) is 12.1 Å². The summed E-state index contributed by atoms with van der Waals surface area (Å²) >= 11 is 0. The van der Waals surface area contributed by atoms with Crippen molar-refractivity contribution >= 4 is 0 Å². The summed E-state index contributed by atoms with van der Waals surface area (Å²) < 4.78 is 0. The van der Waals surface area contributed by atoms with E-state index in [1.807, 2.05) is 18.2 Å². The molecule has 1 saturated heterocycles. The van der Waals surface area contributed by atoms with E-state index in [1.54, 1.807) is 0 Å². The molecule has 0 aromatic heterocycles. The van der Waals surface area contributed by atoms with Crippen molar-refractivity contribution in [2.75, 3.05) is 20.1 Å². The maximum atomic E-state index is 8.87. The normalized spacial score (nSPS) is 20.2. The average molecular weight is 229 g/mol. The molecule has 1 heterocycles. The third-order valence-electron chi connectivity index (χ3n) is 3.38. The van der Waals surface area contributed by atoms with E-state index in [0.717, 1.165) is 25.2 Å². The van der Waals surface area contributed by atoms with E-state index in [4.69, 9.17) is 5.26 Å². The molecule has 1 aliphatic heterocycles. The number of benzene rings is 1. The molecule has 0 radical (unpaired) electrons. The molecule has 17 heavy (non-hydrogen) atoms. The molecule has 1 aromatic rings. The van der Waals surface area contributed by atoms with Gasteiger partial charge >= 0.3 is 0 Å². The number of hydrogen-bond acceptors (Lipinski definition) is 3. The summed E-state index contributed by atoms with van der Waals surface area (Å²) in [7, 11) is 2.16. The van der Waals surface area contributed by atoms with Crippen molar-refractivity contribution in [2.45, 2.75) is 25.4 Å². The number of likely N-dealkylation sites (N-methyl/N-ethyl adjacent to an activating group) is 1. The minimum atomic E-state index is 0.620. The first-order valence-electron chi connectivity index (χ1n) is 6.19. The van der Waals surface area contributed by atoms with Gasteiger partial charge in [0.15, 0.2) is 0 Å². The molecule has 1 atom stereocenters. The number of rotatable bonds is 3. The molecule has 1 N–H and O–H groups in total. The molecule has 1 aliphatic rings. The second-order valence-electron chi connectivity index (χ2n) is 4.73. The molecule has 1 fully saturated rings. The van der Waals surface area contributed by atoms with Crippen LogP contribution in [0.2, 0.25) is 0 Å². The van der Waals surface area contributed by atoms with Crippen molar-refractivity contribution in [1.82, 2.24) is 10.2 Å². The van der Waals surface area contributed by atoms with E-state index < -0.39 is 0 Å². The molecule has 0 spiro atoms. The minimum absolute atomic E-state index is 0.620. The zero-order valence-electron chi connectivity index (χ0n) is 10.3. The lowest BCUT2D eigenvalue weighted by molar-refractivity contribution is 0.196. The molecule has 0 aliphatic carbocycles. The molecular formula is C14H19N3. The number of hydrogen-bond donors (Lipinski definition) is 1. The van der Waals surface area contributed by atoms with Crippen LogP contribution in [0, 0.1) is 11.3 Å². The predicted molar refractivity (Wildman–Crippen MR) is 68.5 cm³/mol. The highest BCUT2D eigenvalue weighted by molar-refractivity contribution is 5.32. The summed E-state index contributed by atoms with van der Waals surface area (Å²) in [6, 6.07) is 10.7. The Morgan fingerprint density at radius 3 is 3.12 bits per heavy atom. The number of nitrogens with one attached hydrogen (secondary N) is 1. The van der Waals surface area contributed by atoms with Crippen LogP contribution in [-0.4, -0.2) is 31.1 Å². The first-order chi connectivity index (χ1) is 8.29. The summed E-state index contributed by atoms with van der Waals surface area (Å²) in [5.74, 6) is 0. The maximum Gasteiger partial charge on any atom is 0.0991 e. The van der Waals surface area contributed by atoms with Gasteiger partial charge in [0, 0.05) is 19.1 Å². The van der Waals surface area contributed by atoms with Crippen LogP contribution in [0.4, 0.5) is 0 Å². The van der Waals surface area contributed by atoms with Gasteiger partial charge in [-0.3, -0.25) is 4.90 Å². The fourth-order valence-corrected chi connectivity index (χ4v) is 2.37. The fraction of sp³-hybridized carbons (Fsp3) is 0.500. The quantitative estimate of drug-likeness (QED) is 0.858. The van der Waals surface area contributed by atoms with E-state index in [0.29, 0.717) is 6.04 Å². The number of piperidine rings is 1. The fourth-order valence-electron chi connectivity index (χ4n) is 2.37. The van der Waals surface area contributed by atoms with Crippen LogP contribution >= 0.6 is 0 Å². The third-order valence-corrected chi connectivity index (χ3v) is 3.38. The molecule has 2 rings (SSSR count). The predicted octanol–water partition coefficient (Wildman–Crippen LogP) is 1.74. The highest BCUT2D eigenvalue weighted by Gasteiger charge is 2.17. The van der Waals surface area contributed by atoms with Gasteiger partial charge in [-0.25, -0.2) is 0 Å². The minimum Gasteiger partial charge on any atom is -0.315 e. The Hall–Kier alpha value is -1.37. The van der Waals surface area contributed by atoms with Crippen molar-refractivity contribution in [3.8, 4) is 6.07 Å². The largest absolute Gasteiger partial charge is 0.315 e. The van der Waals surface area contributed by atoms with Crippen LogP contribution in [0.1, 0.15) is 24.0 Å². The topological polar surface area (TPSA) is 39.1 Å². The van der Waals surface area contributed by atoms with Crippen LogP contribution in [0.25, 0.3) is 0 Å². The Kier molecular flexibility index (Phi) is 4.13. The molecule has 90 valence electrons. The molecule has 0 saturated carbocycles. The Labute approximate surface area is 103 Å². The first-order valence-corrected chi connectivity index (χ1v) is 6.19.